The lowest BCUT2D eigenvalue weighted by Gasteiger charge is -2.10. The van der Waals surface area contributed by atoms with Crippen molar-refractivity contribution in [1.82, 2.24) is 5.32 Å². The summed E-state index contributed by atoms with van der Waals surface area (Å²) in [7, 11) is 0. The maximum absolute atomic E-state index is 12.2. The van der Waals surface area contributed by atoms with Crippen LogP contribution in [0.3, 0.4) is 0 Å². The molecule has 1 amide bonds. The summed E-state index contributed by atoms with van der Waals surface area (Å²) >= 11 is 15.3. The highest BCUT2D eigenvalue weighted by Crippen LogP contribution is 2.26. The maximum atomic E-state index is 12.2. The number of nitrogens with one attached hydrogen (secondary N) is 1. The first-order valence-electron chi connectivity index (χ1n) is 6.76. The Morgan fingerprint density at radius 3 is 2.70 bits per heavy atom. The zero-order valence-corrected chi connectivity index (χ0v) is 15.2. The van der Waals surface area contributed by atoms with E-state index < -0.39 is 0 Å². The zero-order valence-electron chi connectivity index (χ0n) is 12.1. The van der Waals surface area contributed by atoms with E-state index in [4.69, 9.17) is 27.9 Å². The quantitative estimate of drug-likeness (QED) is 0.655. The molecule has 23 heavy (non-hydrogen) atoms. The van der Waals surface area contributed by atoms with Crippen molar-refractivity contribution in [2.75, 3.05) is 6.61 Å². The summed E-state index contributed by atoms with van der Waals surface area (Å²) in [6.07, 6.45) is 1.66. The standard InChI is InChI=1S/C17H14BrCl2NO2/c1-2-7-23-16-6-4-11(8-14(16)18)17(22)21-10-12-3-5-13(19)9-15(12)20/h2-6,8-9H,1,7,10H2,(H,21,22). The largest absolute Gasteiger partial charge is 0.488 e. The van der Waals surface area contributed by atoms with Gasteiger partial charge in [0.2, 0.25) is 0 Å². The van der Waals surface area contributed by atoms with Crippen LogP contribution in [0.4, 0.5) is 0 Å². The zero-order chi connectivity index (χ0) is 16.8. The predicted octanol–water partition coefficient (Wildman–Crippen LogP) is 5.25. The molecule has 2 aromatic rings. The van der Waals surface area contributed by atoms with Gasteiger partial charge in [-0.05, 0) is 51.8 Å². The molecule has 0 aromatic heterocycles. The van der Waals surface area contributed by atoms with Gasteiger partial charge in [-0.25, -0.2) is 0 Å². The molecule has 2 rings (SSSR count). The summed E-state index contributed by atoms with van der Waals surface area (Å²) in [4.78, 5) is 12.2. The van der Waals surface area contributed by atoms with Gasteiger partial charge in [0.15, 0.2) is 0 Å². The van der Waals surface area contributed by atoms with Crippen LogP contribution in [-0.4, -0.2) is 12.5 Å². The Morgan fingerprint density at radius 2 is 2.04 bits per heavy atom. The van der Waals surface area contributed by atoms with Gasteiger partial charge in [0.25, 0.3) is 5.91 Å². The van der Waals surface area contributed by atoms with Crippen molar-refractivity contribution in [3.05, 3.63) is 74.7 Å². The fourth-order valence-corrected chi connectivity index (χ4v) is 2.82. The van der Waals surface area contributed by atoms with Gasteiger partial charge in [-0.3, -0.25) is 4.79 Å². The summed E-state index contributed by atoms with van der Waals surface area (Å²) in [6, 6.07) is 10.3. The van der Waals surface area contributed by atoms with E-state index in [2.05, 4.69) is 27.8 Å². The van der Waals surface area contributed by atoms with E-state index >= 15 is 0 Å². The van der Waals surface area contributed by atoms with Crippen LogP contribution < -0.4 is 10.1 Å². The van der Waals surface area contributed by atoms with Crippen molar-refractivity contribution in [2.24, 2.45) is 0 Å². The Morgan fingerprint density at radius 1 is 1.26 bits per heavy atom. The van der Waals surface area contributed by atoms with Crippen LogP contribution in [0.15, 0.2) is 53.5 Å². The number of rotatable bonds is 6. The smallest absolute Gasteiger partial charge is 0.251 e. The molecule has 0 atom stereocenters. The maximum Gasteiger partial charge on any atom is 0.251 e. The van der Waals surface area contributed by atoms with Gasteiger partial charge in [-0.1, -0.05) is 41.9 Å². The first kappa shape index (κ1) is 17.9. The fourth-order valence-electron chi connectivity index (χ4n) is 1.85. The molecular formula is C17H14BrCl2NO2. The number of benzene rings is 2. The van der Waals surface area contributed by atoms with E-state index in [1.807, 2.05) is 0 Å². The van der Waals surface area contributed by atoms with Crippen molar-refractivity contribution in [3.8, 4) is 5.75 Å². The molecular weight excluding hydrogens is 401 g/mol. The average Bonchev–Trinajstić information content (AvgIpc) is 2.52. The molecule has 120 valence electrons. The van der Waals surface area contributed by atoms with Crippen molar-refractivity contribution in [2.45, 2.75) is 6.54 Å². The third-order valence-electron chi connectivity index (χ3n) is 3.01. The predicted molar refractivity (Wildman–Crippen MR) is 97.5 cm³/mol. The number of carbonyl (C=O) groups is 1. The van der Waals surface area contributed by atoms with Gasteiger partial charge < -0.3 is 10.1 Å². The molecule has 0 saturated heterocycles. The number of amides is 1. The highest BCUT2D eigenvalue weighted by Gasteiger charge is 2.10. The number of hydrogen-bond donors (Lipinski definition) is 1. The van der Waals surface area contributed by atoms with Gasteiger partial charge >= 0.3 is 0 Å². The van der Waals surface area contributed by atoms with Crippen LogP contribution in [0.25, 0.3) is 0 Å². The second kappa shape index (κ2) is 8.39. The van der Waals surface area contributed by atoms with E-state index in [1.54, 1.807) is 42.5 Å². The molecule has 6 heteroatoms. The molecule has 0 spiro atoms. The van der Waals surface area contributed by atoms with E-state index in [1.165, 1.54) is 0 Å². The van der Waals surface area contributed by atoms with Crippen LogP contribution in [0.5, 0.6) is 5.75 Å². The Labute approximate surface area is 153 Å². The number of ether oxygens (including phenoxy) is 1. The lowest BCUT2D eigenvalue weighted by atomic mass is 10.2. The molecule has 3 nitrogen and oxygen atoms in total. The summed E-state index contributed by atoms with van der Waals surface area (Å²) in [5, 5.41) is 3.90. The summed E-state index contributed by atoms with van der Waals surface area (Å²) in [6.45, 7) is 4.32. The first-order valence-corrected chi connectivity index (χ1v) is 8.31. The summed E-state index contributed by atoms with van der Waals surface area (Å²) in [5.41, 5.74) is 1.32. The molecule has 0 aliphatic rings. The highest BCUT2D eigenvalue weighted by molar-refractivity contribution is 9.10. The lowest BCUT2D eigenvalue weighted by molar-refractivity contribution is 0.0951. The molecule has 0 unspecified atom stereocenters. The van der Waals surface area contributed by atoms with Gasteiger partial charge in [-0.2, -0.15) is 0 Å². The van der Waals surface area contributed by atoms with Crippen LogP contribution in [0.1, 0.15) is 15.9 Å². The minimum Gasteiger partial charge on any atom is -0.488 e. The number of halogens is 3. The topological polar surface area (TPSA) is 38.3 Å². The highest BCUT2D eigenvalue weighted by atomic mass is 79.9. The average molecular weight is 415 g/mol. The second-order valence-electron chi connectivity index (χ2n) is 4.66. The van der Waals surface area contributed by atoms with Gasteiger partial charge in [0.05, 0.1) is 4.47 Å². The Hall–Kier alpha value is -1.49. The molecule has 0 bridgehead atoms. The van der Waals surface area contributed by atoms with Crippen molar-refractivity contribution in [1.29, 1.82) is 0 Å². The number of hydrogen-bond acceptors (Lipinski definition) is 2. The second-order valence-corrected chi connectivity index (χ2v) is 6.36. The Kier molecular flexibility index (Phi) is 6.51. The minimum absolute atomic E-state index is 0.202. The van der Waals surface area contributed by atoms with E-state index in [0.717, 1.165) is 5.56 Å². The van der Waals surface area contributed by atoms with Crippen LogP contribution in [0.2, 0.25) is 10.0 Å². The summed E-state index contributed by atoms with van der Waals surface area (Å²) in [5.74, 6) is 0.453. The van der Waals surface area contributed by atoms with Crippen LogP contribution >= 0.6 is 39.1 Å². The molecule has 0 aliphatic heterocycles. The Balaban J connectivity index is 2.03. The minimum atomic E-state index is -0.202. The molecule has 0 fully saturated rings. The third kappa shape index (κ3) is 4.99. The van der Waals surface area contributed by atoms with Gasteiger partial charge in [0, 0.05) is 22.2 Å². The van der Waals surface area contributed by atoms with Crippen molar-refractivity contribution >= 4 is 45.0 Å². The van der Waals surface area contributed by atoms with Crippen LogP contribution in [0, 0.1) is 0 Å². The normalized spacial score (nSPS) is 10.2. The lowest BCUT2D eigenvalue weighted by Crippen LogP contribution is -2.23. The van der Waals surface area contributed by atoms with Gasteiger partial charge in [-0.15, -0.1) is 0 Å². The number of carbonyl (C=O) groups excluding carboxylic acids is 1. The molecule has 0 radical (unpaired) electrons. The molecule has 0 saturated carbocycles. The monoisotopic (exact) mass is 413 g/mol. The van der Waals surface area contributed by atoms with E-state index in [9.17, 15) is 4.79 Å². The Bertz CT molecular complexity index is 735. The van der Waals surface area contributed by atoms with Gasteiger partial charge in [0.1, 0.15) is 12.4 Å². The third-order valence-corrected chi connectivity index (χ3v) is 4.21. The molecule has 2 aromatic carbocycles. The van der Waals surface area contributed by atoms with Crippen LogP contribution in [-0.2, 0) is 6.54 Å². The molecule has 1 N–H and O–H groups in total. The van der Waals surface area contributed by atoms with Crippen molar-refractivity contribution in [3.63, 3.8) is 0 Å². The fraction of sp³-hybridized carbons (Fsp3) is 0.118. The SMILES string of the molecule is C=CCOc1ccc(C(=O)NCc2ccc(Cl)cc2Cl)cc1Br. The molecule has 0 heterocycles. The van der Waals surface area contributed by atoms with E-state index in [-0.39, 0.29) is 5.91 Å². The summed E-state index contributed by atoms with van der Waals surface area (Å²) < 4.78 is 6.16. The molecule has 0 aliphatic carbocycles. The first-order chi connectivity index (χ1) is 11.0. The van der Waals surface area contributed by atoms with Crippen molar-refractivity contribution < 1.29 is 9.53 Å². The van der Waals surface area contributed by atoms with E-state index in [0.29, 0.717) is 39.0 Å².